The maximum Gasteiger partial charge on any atom is 0.142 e. The number of nitrogens with one attached hydrogen (secondary N) is 2. The number of hydrogen-bond donors (Lipinski definition) is 2. The van der Waals surface area contributed by atoms with Crippen LogP contribution in [0.1, 0.15) is 5.56 Å². The van der Waals surface area contributed by atoms with Gasteiger partial charge in [-0.25, -0.2) is 9.37 Å². The average Bonchev–Trinajstić information content (AvgIpc) is 3.44. The van der Waals surface area contributed by atoms with E-state index in [4.69, 9.17) is 4.74 Å². The molecule has 0 saturated carbocycles. The van der Waals surface area contributed by atoms with Crippen molar-refractivity contribution in [2.45, 2.75) is 6.54 Å². The fraction of sp³-hybridized carbons (Fsp3) is 0.120. The minimum absolute atomic E-state index is 0.246. The predicted octanol–water partition coefficient (Wildman–Crippen LogP) is 5.33. The lowest BCUT2D eigenvalue weighted by atomic mass is 10.0. The van der Waals surface area contributed by atoms with Crippen LogP contribution in [0.15, 0.2) is 73.3 Å². The van der Waals surface area contributed by atoms with Gasteiger partial charge in [-0.3, -0.25) is 4.68 Å². The summed E-state index contributed by atoms with van der Waals surface area (Å²) in [6.07, 6.45) is 7.57. The first kappa shape index (κ1) is 19.8. The molecule has 2 N–H and O–H groups in total. The van der Waals surface area contributed by atoms with Gasteiger partial charge < -0.3 is 15.0 Å². The largest absolute Gasteiger partial charge is 0.495 e. The lowest BCUT2D eigenvalue weighted by Crippen LogP contribution is -1.99. The van der Waals surface area contributed by atoms with Gasteiger partial charge in [0.05, 0.1) is 25.5 Å². The molecular weight excluding hydrogens is 405 g/mol. The molecule has 160 valence electrons. The second-order valence-corrected chi connectivity index (χ2v) is 7.54. The molecule has 0 amide bonds. The van der Waals surface area contributed by atoms with Crippen molar-refractivity contribution in [1.82, 2.24) is 19.7 Å². The Morgan fingerprint density at radius 1 is 1.06 bits per heavy atom. The number of nitrogens with zero attached hydrogens (tertiary/aromatic N) is 3. The molecular formula is C25H22FN5O. The smallest absolute Gasteiger partial charge is 0.142 e. The third-order valence-corrected chi connectivity index (χ3v) is 5.51. The van der Waals surface area contributed by atoms with E-state index in [0.29, 0.717) is 6.54 Å². The van der Waals surface area contributed by atoms with Crippen molar-refractivity contribution < 1.29 is 9.13 Å². The zero-order valence-electron chi connectivity index (χ0n) is 17.8. The van der Waals surface area contributed by atoms with E-state index in [2.05, 4.69) is 26.4 Å². The summed E-state index contributed by atoms with van der Waals surface area (Å²) in [5.74, 6) is 0.530. The van der Waals surface area contributed by atoms with Gasteiger partial charge >= 0.3 is 0 Å². The summed E-state index contributed by atoms with van der Waals surface area (Å²) in [4.78, 5) is 7.85. The predicted molar refractivity (Wildman–Crippen MR) is 124 cm³/mol. The Hall–Kier alpha value is -4.13. The number of aromatic amines is 1. The van der Waals surface area contributed by atoms with Gasteiger partial charge in [0.2, 0.25) is 0 Å². The number of anilines is 1. The summed E-state index contributed by atoms with van der Waals surface area (Å²) in [5, 5.41) is 8.60. The van der Waals surface area contributed by atoms with Crippen LogP contribution >= 0.6 is 0 Å². The van der Waals surface area contributed by atoms with Crippen molar-refractivity contribution in [1.29, 1.82) is 0 Å². The number of H-pyrrole nitrogens is 1. The molecule has 0 fully saturated rings. The van der Waals surface area contributed by atoms with Crippen LogP contribution in [-0.4, -0.2) is 33.9 Å². The highest BCUT2D eigenvalue weighted by molar-refractivity contribution is 5.95. The SMILES string of the molecule is CNc1ccc(-c2cnc3[nH]cc(-c4cnn(Cc5cccc(F)c5)c4)c3c2)cc1OC. The molecule has 0 radical (unpaired) electrons. The number of pyridine rings is 1. The van der Waals surface area contributed by atoms with E-state index in [1.54, 1.807) is 13.2 Å². The summed E-state index contributed by atoms with van der Waals surface area (Å²) in [7, 11) is 3.53. The molecule has 0 aliphatic rings. The van der Waals surface area contributed by atoms with Crippen LogP contribution < -0.4 is 10.1 Å². The van der Waals surface area contributed by atoms with E-state index in [1.165, 1.54) is 12.1 Å². The quantitative estimate of drug-likeness (QED) is 0.384. The highest BCUT2D eigenvalue weighted by Crippen LogP contribution is 2.34. The number of methoxy groups -OCH3 is 1. The van der Waals surface area contributed by atoms with E-state index in [-0.39, 0.29) is 5.82 Å². The number of fused-ring (bicyclic) bond motifs is 1. The fourth-order valence-electron chi connectivity index (χ4n) is 3.89. The lowest BCUT2D eigenvalue weighted by Gasteiger charge is -2.10. The first-order chi connectivity index (χ1) is 15.6. The first-order valence-electron chi connectivity index (χ1n) is 10.2. The molecule has 0 spiro atoms. The highest BCUT2D eigenvalue weighted by Gasteiger charge is 2.12. The topological polar surface area (TPSA) is 67.8 Å². The van der Waals surface area contributed by atoms with Crippen LogP contribution in [0.2, 0.25) is 0 Å². The van der Waals surface area contributed by atoms with E-state index in [1.807, 2.05) is 60.8 Å². The molecule has 5 aromatic rings. The van der Waals surface area contributed by atoms with Crippen molar-refractivity contribution in [3.8, 4) is 28.0 Å². The van der Waals surface area contributed by atoms with Crippen LogP contribution in [-0.2, 0) is 6.54 Å². The average molecular weight is 427 g/mol. The third-order valence-electron chi connectivity index (χ3n) is 5.51. The monoisotopic (exact) mass is 427 g/mol. The van der Waals surface area contributed by atoms with E-state index in [9.17, 15) is 4.39 Å². The van der Waals surface area contributed by atoms with Gasteiger partial charge in [0.15, 0.2) is 0 Å². The van der Waals surface area contributed by atoms with E-state index < -0.39 is 0 Å². The van der Waals surface area contributed by atoms with Crippen molar-refractivity contribution in [3.63, 3.8) is 0 Å². The fourth-order valence-corrected chi connectivity index (χ4v) is 3.89. The number of rotatable bonds is 6. The van der Waals surface area contributed by atoms with Crippen molar-refractivity contribution in [3.05, 3.63) is 84.7 Å². The van der Waals surface area contributed by atoms with Gasteiger partial charge in [-0.15, -0.1) is 0 Å². The molecule has 0 aliphatic carbocycles. The number of hydrogen-bond acceptors (Lipinski definition) is 4. The van der Waals surface area contributed by atoms with Gasteiger partial charge in [-0.05, 0) is 41.5 Å². The Bertz CT molecular complexity index is 1400. The van der Waals surface area contributed by atoms with Crippen molar-refractivity contribution in [2.75, 3.05) is 19.5 Å². The van der Waals surface area contributed by atoms with Gasteiger partial charge in [0, 0.05) is 47.7 Å². The van der Waals surface area contributed by atoms with Gasteiger partial charge in [-0.2, -0.15) is 5.10 Å². The normalized spacial score (nSPS) is 11.1. The Labute approximate surface area is 184 Å². The van der Waals surface area contributed by atoms with Gasteiger partial charge in [0.25, 0.3) is 0 Å². The number of halogens is 1. The Morgan fingerprint density at radius 2 is 1.97 bits per heavy atom. The van der Waals surface area contributed by atoms with Crippen LogP contribution in [0.4, 0.5) is 10.1 Å². The molecule has 3 aromatic heterocycles. The molecule has 5 rings (SSSR count). The molecule has 0 saturated heterocycles. The Balaban J connectivity index is 1.49. The summed E-state index contributed by atoms with van der Waals surface area (Å²) in [6.45, 7) is 0.501. The zero-order chi connectivity index (χ0) is 22.1. The second-order valence-electron chi connectivity index (χ2n) is 7.54. The molecule has 2 aromatic carbocycles. The molecule has 0 bridgehead atoms. The lowest BCUT2D eigenvalue weighted by molar-refractivity contribution is 0.417. The molecule has 32 heavy (non-hydrogen) atoms. The molecule has 0 unspecified atom stereocenters. The molecule has 3 heterocycles. The number of benzene rings is 2. The summed E-state index contributed by atoms with van der Waals surface area (Å²) in [5.41, 5.74) is 6.59. The van der Waals surface area contributed by atoms with Crippen molar-refractivity contribution >= 4 is 16.7 Å². The third kappa shape index (κ3) is 3.69. The number of ether oxygens (including phenoxy) is 1. The van der Waals surface area contributed by atoms with Crippen molar-refractivity contribution in [2.24, 2.45) is 0 Å². The maximum absolute atomic E-state index is 13.5. The maximum atomic E-state index is 13.5. The standard InChI is InChI=1S/C25H22FN5O/c1-27-23-7-6-17(10-24(23)32-2)18-9-21-22(13-29-25(21)28-11-18)19-12-30-31(15-19)14-16-4-3-5-20(26)8-16/h3-13,15,27H,14H2,1-2H3,(H,28,29). The molecule has 0 atom stereocenters. The van der Waals surface area contributed by atoms with Crippen LogP contribution in [0.25, 0.3) is 33.3 Å². The van der Waals surface area contributed by atoms with E-state index >= 15 is 0 Å². The Kier molecular flexibility index (Phi) is 5.07. The highest BCUT2D eigenvalue weighted by atomic mass is 19.1. The van der Waals surface area contributed by atoms with Gasteiger partial charge in [0.1, 0.15) is 17.2 Å². The van der Waals surface area contributed by atoms with Crippen LogP contribution in [0.5, 0.6) is 5.75 Å². The number of aromatic nitrogens is 4. The van der Waals surface area contributed by atoms with E-state index in [0.717, 1.165) is 50.3 Å². The molecule has 0 aliphatic heterocycles. The van der Waals surface area contributed by atoms with Crippen LogP contribution in [0.3, 0.4) is 0 Å². The summed E-state index contributed by atoms with van der Waals surface area (Å²) < 4.78 is 20.8. The summed E-state index contributed by atoms with van der Waals surface area (Å²) in [6, 6.07) is 14.7. The summed E-state index contributed by atoms with van der Waals surface area (Å²) >= 11 is 0. The minimum Gasteiger partial charge on any atom is -0.495 e. The first-order valence-corrected chi connectivity index (χ1v) is 10.2. The van der Waals surface area contributed by atoms with Crippen LogP contribution in [0, 0.1) is 5.82 Å². The second kappa shape index (κ2) is 8.19. The molecule has 7 heteroatoms. The molecule has 6 nitrogen and oxygen atoms in total. The zero-order valence-corrected chi connectivity index (χ0v) is 17.8. The Morgan fingerprint density at radius 3 is 2.78 bits per heavy atom. The minimum atomic E-state index is -0.246. The van der Waals surface area contributed by atoms with Gasteiger partial charge in [-0.1, -0.05) is 18.2 Å².